The number of pyridine rings is 1. The van der Waals surface area contributed by atoms with Gasteiger partial charge in [-0.25, -0.2) is 0 Å². The summed E-state index contributed by atoms with van der Waals surface area (Å²) < 4.78 is 5.54. The van der Waals surface area contributed by atoms with Crippen molar-refractivity contribution in [1.29, 1.82) is 0 Å². The fraction of sp³-hybridized carbons (Fsp3) is 0.562. The van der Waals surface area contributed by atoms with Crippen molar-refractivity contribution in [3.63, 3.8) is 0 Å². The molecule has 0 aliphatic heterocycles. The molecule has 0 saturated carbocycles. The highest BCUT2D eigenvalue weighted by atomic mass is 16.5. The van der Waals surface area contributed by atoms with Crippen LogP contribution in [0.25, 0.3) is 0 Å². The molecule has 0 atom stereocenters. The van der Waals surface area contributed by atoms with Gasteiger partial charge < -0.3 is 10.1 Å². The Morgan fingerprint density at radius 1 is 1.42 bits per heavy atom. The van der Waals surface area contributed by atoms with Crippen LogP contribution in [0.15, 0.2) is 30.5 Å². The molecule has 0 radical (unpaired) electrons. The van der Waals surface area contributed by atoms with Crippen LogP contribution in [0, 0.1) is 5.92 Å². The maximum absolute atomic E-state index is 5.54. The number of ether oxygens (including phenoxy) is 1. The zero-order valence-electron chi connectivity index (χ0n) is 12.4. The minimum atomic E-state index is 0.576. The molecule has 1 aromatic heterocycles. The predicted molar refractivity (Wildman–Crippen MR) is 79.9 cm³/mol. The number of rotatable bonds is 9. The van der Waals surface area contributed by atoms with E-state index in [0.717, 1.165) is 30.8 Å². The van der Waals surface area contributed by atoms with Gasteiger partial charge >= 0.3 is 0 Å². The number of nitrogens with zero attached hydrogens (tertiary/aromatic N) is 1. The molecule has 3 nitrogen and oxygen atoms in total. The molecule has 0 amide bonds. The highest BCUT2D eigenvalue weighted by Gasteiger charge is 1.98. The molecular formula is C16H26N2O. The second-order valence-electron chi connectivity index (χ2n) is 5.44. The zero-order valence-corrected chi connectivity index (χ0v) is 12.4. The molecule has 19 heavy (non-hydrogen) atoms. The summed E-state index contributed by atoms with van der Waals surface area (Å²) in [4.78, 5) is 4.41. The molecule has 0 aliphatic rings. The van der Waals surface area contributed by atoms with Crippen LogP contribution >= 0.6 is 0 Å². The van der Waals surface area contributed by atoms with Crippen LogP contribution in [0.1, 0.15) is 38.4 Å². The number of hydrogen-bond acceptors (Lipinski definition) is 3. The van der Waals surface area contributed by atoms with Crippen LogP contribution in [-0.4, -0.2) is 18.1 Å². The Labute approximate surface area is 117 Å². The standard InChI is InChI=1S/C16H26N2O/c1-13(2)7-8-19-12-16-6-5-15(11-18-16)10-17-9-14(3)4/h5-6,11,14,17H,1,7-10,12H2,2-4H3. The molecule has 3 heteroatoms. The summed E-state index contributed by atoms with van der Waals surface area (Å²) in [7, 11) is 0. The lowest BCUT2D eigenvalue weighted by molar-refractivity contribution is 0.121. The van der Waals surface area contributed by atoms with E-state index in [9.17, 15) is 0 Å². The highest BCUT2D eigenvalue weighted by Crippen LogP contribution is 2.03. The third-order valence-corrected chi connectivity index (χ3v) is 2.69. The molecule has 1 rings (SSSR count). The van der Waals surface area contributed by atoms with Gasteiger partial charge in [-0.15, -0.1) is 6.58 Å². The highest BCUT2D eigenvalue weighted by molar-refractivity contribution is 5.13. The van der Waals surface area contributed by atoms with E-state index in [1.807, 2.05) is 19.2 Å². The lowest BCUT2D eigenvalue weighted by Gasteiger charge is -2.08. The van der Waals surface area contributed by atoms with Gasteiger partial charge in [0.15, 0.2) is 0 Å². The maximum atomic E-state index is 5.54. The van der Waals surface area contributed by atoms with E-state index in [-0.39, 0.29) is 0 Å². The summed E-state index contributed by atoms with van der Waals surface area (Å²) in [6.45, 7) is 13.5. The predicted octanol–water partition coefficient (Wildman–Crippen LogP) is 3.31. The summed E-state index contributed by atoms with van der Waals surface area (Å²) in [5.41, 5.74) is 3.35. The Morgan fingerprint density at radius 2 is 2.21 bits per heavy atom. The van der Waals surface area contributed by atoms with Crippen molar-refractivity contribution in [1.82, 2.24) is 10.3 Å². The zero-order chi connectivity index (χ0) is 14.1. The molecule has 0 bridgehead atoms. The number of hydrogen-bond donors (Lipinski definition) is 1. The topological polar surface area (TPSA) is 34.1 Å². The molecule has 1 N–H and O–H groups in total. The second kappa shape index (κ2) is 8.83. The smallest absolute Gasteiger partial charge is 0.0887 e. The van der Waals surface area contributed by atoms with Crippen LogP contribution < -0.4 is 5.32 Å². The molecule has 0 spiro atoms. The Hall–Kier alpha value is -1.19. The normalized spacial score (nSPS) is 10.9. The fourth-order valence-electron chi connectivity index (χ4n) is 1.57. The minimum absolute atomic E-state index is 0.576. The monoisotopic (exact) mass is 262 g/mol. The maximum Gasteiger partial charge on any atom is 0.0887 e. The molecule has 0 saturated heterocycles. The summed E-state index contributed by atoms with van der Waals surface area (Å²) >= 11 is 0. The Balaban J connectivity index is 2.25. The first-order chi connectivity index (χ1) is 9.08. The first-order valence-corrected chi connectivity index (χ1v) is 6.94. The van der Waals surface area contributed by atoms with E-state index in [2.05, 4.69) is 36.8 Å². The lowest BCUT2D eigenvalue weighted by atomic mass is 10.2. The van der Waals surface area contributed by atoms with Gasteiger partial charge in [0.2, 0.25) is 0 Å². The minimum Gasteiger partial charge on any atom is -0.375 e. The van der Waals surface area contributed by atoms with E-state index in [4.69, 9.17) is 4.74 Å². The Bertz CT molecular complexity index is 371. The van der Waals surface area contributed by atoms with Crippen LogP contribution in [0.4, 0.5) is 0 Å². The summed E-state index contributed by atoms with van der Waals surface area (Å²) in [6, 6.07) is 4.14. The summed E-state index contributed by atoms with van der Waals surface area (Å²) in [5, 5.41) is 3.40. The van der Waals surface area contributed by atoms with Crippen LogP contribution in [0.5, 0.6) is 0 Å². The van der Waals surface area contributed by atoms with Gasteiger partial charge in [-0.2, -0.15) is 0 Å². The van der Waals surface area contributed by atoms with Crippen LogP contribution in [0.2, 0.25) is 0 Å². The van der Waals surface area contributed by atoms with Gasteiger partial charge in [0.05, 0.1) is 18.9 Å². The van der Waals surface area contributed by atoms with Gasteiger partial charge in [0, 0.05) is 12.7 Å². The van der Waals surface area contributed by atoms with Gasteiger partial charge in [0.25, 0.3) is 0 Å². The van der Waals surface area contributed by atoms with E-state index < -0.39 is 0 Å². The van der Waals surface area contributed by atoms with Crippen molar-refractivity contribution in [3.8, 4) is 0 Å². The van der Waals surface area contributed by atoms with Gasteiger partial charge in [-0.3, -0.25) is 4.98 Å². The SMILES string of the molecule is C=C(C)CCOCc1ccc(CNCC(C)C)cn1. The average molecular weight is 262 g/mol. The van der Waals surface area contributed by atoms with Crippen molar-refractivity contribution in [2.75, 3.05) is 13.2 Å². The molecular weight excluding hydrogens is 236 g/mol. The van der Waals surface area contributed by atoms with Gasteiger partial charge in [-0.1, -0.05) is 25.5 Å². The Morgan fingerprint density at radius 3 is 2.79 bits per heavy atom. The van der Waals surface area contributed by atoms with Crippen molar-refractivity contribution in [2.45, 2.75) is 40.3 Å². The van der Waals surface area contributed by atoms with Crippen LogP contribution in [0.3, 0.4) is 0 Å². The van der Waals surface area contributed by atoms with Crippen LogP contribution in [-0.2, 0) is 17.9 Å². The molecule has 0 unspecified atom stereocenters. The molecule has 0 aromatic carbocycles. The molecule has 0 fully saturated rings. The summed E-state index contributed by atoms with van der Waals surface area (Å²) in [5.74, 6) is 0.675. The molecule has 1 heterocycles. The largest absolute Gasteiger partial charge is 0.375 e. The summed E-state index contributed by atoms with van der Waals surface area (Å²) in [6.07, 6.45) is 2.84. The van der Waals surface area contributed by atoms with Gasteiger partial charge in [-0.05, 0) is 37.4 Å². The second-order valence-corrected chi connectivity index (χ2v) is 5.44. The first kappa shape index (κ1) is 15.9. The number of aromatic nitrogens is 1. The van der Waals surface area contributed by atoms with Crippen molar-refractivity contribution in [3.05, 3.63) is 41.7 Å². The van der Waals surface area contributed by atoms with E-state index in [0.29, 0.717) is 19.1 Å². The van der Waals surface area contributed by atoms with Crippen molar-refractivity contribution in [2.24, 2.45) is 5.92 Å². The van der Waals surface area contributed by atoms with Crippen molar-refractivity contribution >= 4 is 0 Å². The van der Waals surface area contributed by atoms with E-state index in [1.165, 1.54) is 5.56 Å². The van der Waals surface area contributed by atoms with E-state index >= 15 is 0 Å². The third kappa shape index (κ3) is 7.75. The van der Waals surface area contributed by atoms with Gasteiger partial charge in [0.1, 0.15) is 0 Å². The average Bonchev–Trinajstić information content (AvgIpc) is 2.36. The van der Waals surface area contributed by atoms with Crippen molar-refractivity contribution < 1.29 is 4.74 Å². The molecule has 1 aromatic rings. The van der Waals surface area contributed by atoms with E-state index in [1.54, 1.807) is 0 Å². The quantitative estimate of drug-likeness (QED) is 0.547. The number of nitrogens with one attached hydrogen (secondary N) is 1. The lowest BCUT2D eigenvalue weighted by Crippen LogP contribution is -2.19. The fourth-order valence-corrected chi connectivity index (χ4v) is 1.57. The third-order valence-electron chi connectivity index (χ3n) is 2.69. The Kier molecular flexibility index (Phi) is 7.38. The molecule has 0 aliphatic carbocycles. The molecule has 106 valence electrons. The first-order valence-electron chi connectivity index (χ1n) is 6.94.